The monoisotopic (exact) mass is 369 g/mol. The highest BCUT2D eigenvalue weighted by Gasteiger charge is 2.33. The van der Waals surface area contributed by atoms with Crippen molar-refractivity contribution in [3.63, 3.8) is 0 Å². The van der Waals surface area contributed by atoms with E-state index >= 15 is 0 Å². The van der Waals surface area contributed by atoms with E-state index in [4.69, 9.17) is 11.6 Å². The Balaban J connectivity index is 2.25. The molecule has 1 aliphatic rings. The molecule has 0 N–H and O–H groups in total. The summed E-state index contributed by atoms with van der Waals surface area (Å²) in [5, 5.41) is 5.08. The predicted molar refractivity (Wildman–Crippen MR) is 78.1 cm³/mol. The van der Waals surface area contributed by atoms with E-state index in [1.165, 1.54) is 15.2 Å². The fourth-order valence-electron chi connectivity index (χ4n) is 2.45. The van der Waals surface area contributed by atoms with E-state index < -0.39 is 10.0 Å². The first-order chi connectivity index (χ1) is 8.96. The Morgan fingerprint density at radius 1 is 1.58 bits per heavy atom. The van der Waals surface area contributed by atoms with E-state index in [2.05, 4.69) is 21.0 Å². The van der Waals surface area contributed by atoms with Gasteiger partial charge in [-0.15, -0.1) is 0 Å². The summed E-state index contributed by atoms with van der Waals surface area (Å²) in [7, 11) is -1.95. The molecule has 0 bridgehead atoms. The second-order valence-electron chi connectivity index (χ2n) is 4.77. The van der Waals surface area contributed by atoms with Crippen LogP contribution in [-0.4, -0.2) is 40.9 Å². The average molecular weight is 371 g/mol. The van der Waals surface area contributed by atoms with E-state index in [0.717, 1.165) is 24.6 Å². The molecule has 5 nitrogen and oxygen atoms in total. The van der Waals surface area contributed by atoms with Gasteiger partial charge in [-0.3, -0.25) is 4.68 Å². The summed E-state index contributed by atoms with van der Waals surface area (Å²) < 4.78 is 28.1. The number of aryl methyl sites for hydroxylation is 1. The molecule has 108 valence electrons. The zero-order valence-electron chi connectivity index (χ0n) is 10.7. The molecule has 2 rings (SSSR count). The van der Waals surface area contributed by atoms with Crippen molar-refractivity contribution in [1.82, 2.24) is 14.1 Å². The molecule has 0 aliphatic carbocycles. The van der Waals surface area contributed by atoms with Crippen LogP contribution in [0.2, 0.25) is 5.02 Å². The van der Waals surface area contributed by atoms with Gasteiger partial charge in [0.05, 0.1) is 11.2 Å². The van der Waals surface area contributed by atoms with E-state index in [-0.39, 0.29) is 10.0 Å². The van der Waals surface area contributed by atoms with Crippen LogP contribution in [0, 0.1) is 5.92 Å². The Morgan fingerprint density at radius 2 is 2.32 bits per heavy atom. The summed E-state index contributed by atoms with van der Waals surface area (Å²) in [5.74, 6) is 0.412. The molecule has 1 aliphatic heterocycles. The van der Waals surface area contributed by atoms with E-state index in [9.17, 15) is 8.42 Å². The molecule has 0 amide bonds. The van der Waals surface area contributed by atoms with Gasteiger partial charge in [0.1, 0.15) is 0 Å². The van der Waals surface area contributed by atoms with Crippen LogP contribution in [0.25, 0.3) is 0 Å². The molecule has 1 atom stereocenters. The van der Waals surface area contributed by atoms with E-state index in [1.54, 1.807) is 7.05 Å². The quantitative estimate of drug-likeness (QED) is 0.764. The Labute approximate surface area is 127 Å². The summed E-state index contributed by atoms with van der Waals surface area (Å²) in [5.41, 5.74) is 0. The second-order valence-corrected chi connectivity index (χ2v) is 7.82. The number of rotatable bonds is 4. The zero-order valence-corrected chi connectivity index (χ0v) is 13.9. The number of aromatic nitrogens is 2. The number of hydrogen-bond acceptors (Lipinski definition) is 3. The average Bonchev–Trinajstić information content (AvgIpc) is 2.70. The lowest BCUT2D eigenvalue weighted by Crippen LogP contribution is -2.40. The Bertz CT molecular complexity index is 525. The molecule has 1 fully saturated rings. The number of hydrogen-bond donors (Lipinski definition) is 0. The summed E-state index contributed by atoms with van der Waals surface area (Å²) >= 11 is 9.36. The summed E-state index contributed by atoms with van der Waals surface area (Å²) in [6.07, 6.45) is 4.34. The van der Waals surface area contributed by atoms with Crippen molar-refractivity contribution in [2.75, 3.05) is 18.4 Å². The minimum absolute atomic E-state index is 0.0914. The van der Waals surface area contributed by atoms with Gasteiger partial charge in [-0.1, -0.05) is 27.5 Å². The smallest absolute Gasteiger partial charge is 0.255 e. The van der Waals surface area contributed by atoms with Gasteiger partial charge in [0.25, 0.3) is 10.0 Å². The van der Waals surface area contributed by atoms with Gasteiger partial charge >= 0.3 is 0 Å². The van der Waals surface area contributed by atoms with Gasteiger partial charge in [0, 0.05) is 25.5 Å². The zero-order chi connectivity index (χ0) is 14.0. The van der Waals surface area contributed by atoms with Crippen LogP contribution >= 0.6 is 27.5 Å². The highest BCUT2D eigenvalue weighted by atomic mass is 79.9. The Hall–Kier alpha value is -0.110. The van der Waals surface area contributed by atoms with Crippen molar-refractivity contribution in [3.05, 3.63) is 11.2 Å². The topological polar surface area (TPSA) is 55.2 Å². The number of sulfonamides is 1. The van der Waals surface area contributed by atoms with Crippen LogP contribution in [0.1, 0.15) is 19.3 Å². The molecule has 8 heteroatoms. The van der Waals surface area contributed by atoms with Gasteiger partial charge in [-0.25, -0.2) is 8.42 Å². The lowest BCUT2D eigenvalue weighted by molar-refractivity contribution is 0.261. The number of nitrogens with zero attached hydrogens (tertiary/aromatic N) is 3. The van der Waals surface area contributed by atoms with E-state index in [1.807, 2.05) is 0 Å². The summed E-state index contributed by atoms with van der Waals surface area (Å²) in [6.45, 7) is 1.12. The molecular weight excluding hydrogens is 354 g/mol. The normalized spacial score (nSPS) is 21.7. The van der Waals surface area contributed by atoms with Crippen molar-refractivity contribution >= 4 is 37.6 Å². The highest BCUT2D eigenvalue weighted by Crippen LogP contribution is 2.28. The summed E-state index contributed by atoms with van der Waals surface area (Å²) in [6, 6.07) is 0. The fraction of sp³-hybridized carbons (Fsp3) is 0.727. The minimum Gasteiger partial charge on any atom is -0.255 e. The standard InChI is InChI=1S/C11H17BrClN3O2S/c1-15-11(10(13)7-14-15)19(17,18)16-6-2-3-9(8-16)4-5-12/h7,9H,2-6,8H2,1H3. The third kappa shape index (κ3) is 3.15. The molecule has 2 heterocycles. The Kier molecular flexibility index (Phi) is 4.92. The molecule has 0 saturated carbocycles. The van der Waals surface area contributed by atoms with Gasteiger partial charge in [-0.2, -0.15) is 9.40 Å². The molecule has 1 aromatic rings. The minimum atomic E-state index is -3.54. The number of halogens is 2. The van der Waals surface area contributed by atoms with E-state index in [0.29, 0.717) is 19.0 Å². The molecule has 19 heavy (non-hydrogen) atoms. The maximum atomic E-state index is 12.6. The summed E-state index contributed by atoms with van der Waals surface area (Å²) in [4.78, 5) is 0. The predicted octanol–water partition coefficient (Wildman–Crippen LogP) is 2.26. The van der Waals surface area contributed by atoms with Crippen molar-refractivity contribution in [1.29, 1.82) is 0 Å². The number of alkyl halides is 1. The molecule has 0 aromatic carbocycles. The largest absolute Gasteiger partial charge is 0.261 e. The van der Waals surface area contributed by atoms with Crippen LogP contribution in [-0.2, 0) is 17.1 Å². The van der Waals surface area contributed by atoms with Gasteiger partial charge in [0.2, 0.25) is 0 Å². The van der Waals surface area contributed by atoms with Crippen LogP contribution in [0.5, 0.6) is 0 Å². The molecular formula is C11H17BrClN3O2S. The maximum absolute atomic E-state index is 12.6. The lowest BCUT2D eigenvalue weighted by atomic mass is 9.97. The highest BCUT2D eigenvalue weighted by molar-refractivity contribution is 9.09. The van der Waals surface area contributed by atoms with Crippen LogP contribution in [0.15, 0.2) is 11.2 Å². The lowest BCUT2D eigenvalue weighted by Gasteiger charge is -2.31. The SMILES string of the molecule is Cn1ncc(Cl)c1S(=O)(=O)N1CCCC(CCBr)C1. The molecule has 1 aromatic heterocycles. The van der Waals surface area contributed by atoms with Gasteiger partial charge in [0.15, 0.2) is 5.03 Å². The number of piperidine rings is 1. The first-order valence-electron chi connectivity index (χ1n) is 6.20. The van der Waals surface area contributed by atoms with Crippen molar-refractivity contribution in [3.8, 4) is 0 Å². The van der Waals surface area contributed by atoms with Crippen molar-refractivity contribution in [2.45, 2.75) is 24.3 Å². The molecule has 0 spiro atoms. The fourth-order valence-corrected chi connectivity index (χ4v) is 5.25. The van der Waals surface area contributed by atoms with Crippen molar-refractivity contribution in [2.24, 2.45) is 13.0 Å². The van der Waals surface area contributed by atoms with Crippen LogP contribution < -0.4 is 0 Å². The third-order valence-electron chi connectivity index (χ3n) is 3.43. The third-order valence-corrected chi connectivity index (χ3v) is 6.26. The van der Waals surface area contributed by atoms with Crippen molar-refractivity contribution < 1.29 is 8.42 Å². The van der Waals surface area contributed by atoms with Crippen LogP contribution in [0.4, 0.5) is 0 Å². The Morgan fingerprint density at radius 3 is 2.89 bits per heavy atom. The first kappa shape index (κ1) is 15.3. The molecule has 1 unspecified atom stereocenters. The molecule has 0 radical (unpaired) electrons. The maximum Gasteiger partial charge on any atom is 0.261 e. The van der Waals surface area contributed by atoms with Crippen LogP contribution in [0.3, 0.4) is 0 Å². The van der Waals surface area contributed by atoms with Gasteiger partial charge < -0.3 is 0 Å². The van der Waals surface area contributed by atoms with Gasteiger partial charge in [-0.05, 0) is 25.2 Å². The first-order valence-corrected chi connectivity index (χ1v) is 9.14. The molecule has 1 saturated heterocycles. The second kappa shape index (κ2) is 6.11.